The van der Waals surface area contributed by atoms with Gasteiger partial charge < -0.3 is 10.6 Å². The summed E-state index contributed by atoms with van der Waals surface area (Å²) in [5.74, 6) is 0.801. The summed E-state index contributed by atoms with van der Waals surface area (Å²) in [5.41, 5.74) is 8.02. The molecule has 0 saturated heterocycles. The molecule has 0 fully saturated rings. The van der Waals surface area contributed by atoms with Gasteiger partial charge in [0, 0.05) is 18.8 Å². The summed E-state index contributed by atoms with van der Waals surface area (Å²) in [6, 6.07) is 5.50. The van der Waals surface area contributed by atoms with E-state index in [0.29, 0.717) is 17.8 Å². The van der Waals surface area contributed by atoms with Crippen LogP contribution in [0.3, 0.4) is 0 Å². The first-order chi connectivity index (χ1) is 8.72. The summed E-state index contributed by atoms with van der Waals surface area (Å²) in [6.07, 6.45) is 0.913. The molecule has 1 aromatic carbocycles. The van der Waals surface area contributed by atoms with Crippen molar-refractivity contribution in [2.24, 2.45) is 4.99 Å². The van der Waals surface area contributed by atoms with E-state index in [1.54, 1.807) is 11.0 Å². The van der Waals surface area contributed by atoms with Crippen molar-refractivity contribution in [3.63, 3.8) is 0 Å². The van der Waals surface area contributed by atoms with Gasteiger partial charge in [0.2, 0.25) is 5.96 Å². The fourth-order valence-electron chi connectivity index (χ4n) is 2.52. The lowest BCUT2D eigenvalue weighted by molar-refractivity contribution is 0.0841. The van der Waals surface area contributed by atoms with Gasteiger partial charge in [-0.25, -0.2) is 0 Å². The lowest BCUT2D eigenvalue weighted by Gasteiger charge is -2.35. The van der Waals surface area contributed by atoms with Gasteiger partial charge in [-0.05, 0) is 24.6 Å². The molecule has 0 saturated carbocycles. The molecule has 3 rings (SSSR count). The number of amides is 1. The van der Waals surface area contributed by atoms with E-state index < -0.39 is 0 Å². The summed E-state index contributed by atoms with van der Waals surface area (Å²) >= 11 is 0. The molecule has 1 amide bonds. The summed E-state index contributed by atoms with van der Waals surface area (Å²) in [4.78, 5) is 20.8. The SMILES string of the molecule is CCCN1C(=O)c2cc(N)ccc2N2CCN=C12. The highest BCUT2D eigenvalue weighted by Crippen LogP contribution is 2.31. The summed E-state index contributed by atoms with van der Waals surface area (Å²) in [7, 11) is 0. The van der Waals surface area contributed by atoms with Crippen LogP contribution < -0.4 is 10.6 Å². The van der Waals surface area contributed by atoms with Gasteiger partial charge in [0.15, 0.2) is 0 Å². The van der Waals surface area contributed by atoms with Crippen LogP contribution in [0.25, 0.3) is 0 Å². The van der Waals surface area contributed by atoms with E-state index in [0.717, 1.165) is 31.2 Å². The maximum absolute atomic E-state index is 12.5. The molecule has 0 unspecified atom stereocenters. The topological polar surface area (TPSA) is 61.9 Å². The zero-order valence-corrected chi connectivity index (χ0v) is 10.4. The Balaban J connectivity index is 2.13. The van der Waals surface area contributed by atoms with E-state index >= 15 is 0 Å². The Bertz CT molecular complexity index is 538. The highest BCUT2D eigenvalue weighted by molar-refractivity contribution is 6.19. The Morgan fingerprint density at radius 2 is 2.28 bits per heavy atom. The molecule has 5 nitrogen and oxygen atoms in total. The highest BCUT2D eigenvalue weighted by Gasteiger charge is 2.36. The monoisotopic (exact) mass is 244 g/mol. The quantitative estimate of drug-likeness (QED) is 0.798. The predicted molar refractivity (Wildman–Crippen MR) is 71.8 cm³/mol. The molecule has 2 aliphatic heterocycles. The minimum Gasteiger partial charge on any atom is -0.399 e. The van der Waals surface area contributed by atoms with Crippen LogP contribution in [-0.2, 0) is 0 Å². The Hall–Kier alpha value is -2.04. The second-order valence-electron chi connectivity index (χ2n) is 4.57. The number of nitrogens with two attached hydrogens (primary N) is 1. The number of guanidine groups is 1. The van der Waals surface area contributed by atoms with Gasteiger partial charge in [0.1, 0.15) is 0 Å². The fraction of sp³-hybridized carbons (Fsp3) is 0.385. The van der Waals surface area contributed by atoms with Gasteiger partial charge in [-0.2, -0.15) is 0 Å². The molecule has 94 valence electrons. The molecule has 0 spiro atoms. The Morgan fingerprint density at radius 3 is 3.06 bits per heavy atom. The van der Waals surface area contributed by atoms with Gasteiger partial charge in [-0.1, -0.05) is 6.92 Å². The molecular weight excluding hydrogens is 228 g/mol. The molecule has 0 bridgehead atoms. The molecule has 0 aromatic heterocycles. The van der Waals surface area contributed by atoms with Crippen LogP contribution in [0.1, 0.15) is 23.7 Å². The van der Waals surface area contributed by atoms with Crippen molar-refractivity contribution in [1.29, 1.82) is 0 Å². The van der Waals surface area contributed by atoms with Gasteiger partial charge in [-0.15, -0.1) is 0 Å². The van der Waals surface area contributed by atoms with E-state index in [1.807, 2.05) is 12.1 Å². The van der Waals surface area contributed by atoms with E-state index in [1.165, 1.54) is 0 Å². The Labute approximate surface area is 106 Å². The molecule has 2 aliphatic rings. The van der Waals surface area contributed by atoms with Crippen molar-refractivity contribution in [3.8, 4) is 0 Å². The molecule has 18 heavy (non-hydrogen) atoms. The second-order valence-corrected chi connectivity index (χ2v) is 4.57. The van der Waals surface area contributed by atoms with Crippen molar-refractivity contribution in [1.82, 2.24) is 4.90 Å². The molecular formula is C13H16N4O. The van der Waals surface area contributed by atoms with Crippen LogP contribution in [0.5, 0.6) is 0 Å². The van der Waals surface area contributed by atoms with Crippen LogP contribution in [0, 0.1) is 0 Å². The standard InChI is InChI=1S/C13H16N4O/c1-2-6-17-12(18)10-8-9(14)3-4-11(10)16-7-5-15-13(16)17/h3-4,8H,2,5-7,14H2,1H3. The summed E-state index contributed by atoms with van der Waals surface area (Å²) in [6.45, 7) is 4.33. The van der Waals surface area contributed by atoms with E-state index in [4.69, 9.17) is 5.73 Å². The third kappa shape index (κ3) is 1.47. The second kappa shape index (κ2) is 4.01. The number of benzene rings is 1. The van der Waals surface area contributed by atoms with Crippen molar-refractivity contribution in [3.05, 3.63) is 23.8 Å². The normalized spacial score (nSPS) is 17.6. The largest absolute Gasteiger partial charge is 0.399 e. The van der Waals surface area contributed by atoms with Crippen LogP contribution in [0.2, 0.25) is 0 Å². The smallest absolute Gasteiger partial charge is 0.262 e. The lowest BCUT2D eigenvalue weighted by Crippen LogP contribution is -2.50. The van der Waals surface area contributed by atoms with Crippen LogP contribution in [0.4, 0.5) is 11.4 Å². The first-order valence-corrected chi connectivity index (χ1v) is 6.25. The van der Waals surface area contributed by atoms with Crippen LogP contribution in [-0.4, -0.2) is 36.4 Å². The molecule has 2 N–H and O–H groups in total. The molecule has 0 radical (unpaired) electrons. The molecule has 5 heteroatoms. The molecule has 0 atom stereocenters. The number of hydrogen-bond donors (Lipinski definition) is 1. The average Bonchev–Trinajstić information content (AvgIpc) is 2.83. The predicted octanol–water partition coefficient (Wildman–Crippen LogP) is 1.31. The van der Waals surface area contributed by atoms with Crippen molar-refractivity contribution < 1.29 is 4.79 Å². The Morgan fingerprint density at radius 1 is 1.44 bits per heavy atom. The lowest BCUT2D eigenvalue weighted by atomic mass is 10.1. The summed E-state index contributed by atoms with van der Waals surface area (Å²) in [5, 5.41) is 0. The number of rotatable bonds is 2. The van der Waals surface area contributed by atoms with Crippen molar-refractivity contribution in [2.45, 2.75) is 13.3 Å². The first kappa shape index (κ1) is 11.1. The first-order valence-electron chi connectivity index (χ1n) is 6.25. The number of fused-ring (bicyclic) bond motifs is 3. The van der Waals surface area contributed by atoms with Gasteiger partial charge in [-0.3, -0.25) is 14.7 Å². The number of anilines is 2. The number of hydrogen-bond acceptors (Lipinski definition) is 4. The van der Waals surface area contributed by atoms with Gasteiger partial charge in [0.05, 0.1) is 17.8 Å². The third-order valence-corrected chi connectivity index (χ3v) is 3.29. The highest BCUT2D eigenvalue weighted by atomic mass is 16.2. The number of nitrogens with zero attached hydrogens (tertiary/aromatic N) is 3. The third-order valence-electron chi connectivity index (χ3n) is 3.29. The minimum atomic E-state index is 0.0102. The zero-order chi connectivity index (χ0) is 12.7. The Kier molecular flexibility index (Phi) is 2.47. The number of aliphatic imine (C=N–C) groups is 1. The maximum atomic E-state index is 12.5. The fourth-order valence-corrected chi connectivity index (χ4v) is 2.52. The van der Waals surface area contributed by atoms with E-state index in [9.17, 15) is 4.79 Å². The number of carbonyl (C=O) groups is 1. The van der Waals surface area contributed by atoms with Crippen molar-refractivity contribution in [2.75, 3.05) is 30.3 Å². The van der Waals surface area contributed by atoms with Crippen molar-refractivity contribution >= 4 is 23.2 Å². The van der Waals surface area contributed by atoms with Gasteiger partial charge in [0.25, 0.3) is 5.91 Å². The zero-order valence-electron chi connectivity index (χ0n) is 10.4. The molecule has 0 aliphatic carbocycles. The van der Waals surface area contributed by atoms with E-state index in [-0.39, 0.29) is 5.91 Å². The summed E-state index contributed by atoms with van der Waals surface area (Å²) < 4.78 is 0. The maximum Gasteiger partial charge on any atom is 0.262 e. The van der Waals surface area contributed by atoms with Gasteiger partial charge >= 0.3 is 0 Å². The minimum absolute atomic E-state index is 0.0102. The number of carbonyl (C=O) groups excluding carboxylic acids is 1. The number of nitrogen functional groups attached to an aromatic ring is 1. The average molecular weight is 244 g/mol. The van der Waals surface area contributed by atoms with Crippen LogP contribution >= 0.6 is 0 Å². The van der Waals surface area contributed by atoms with Crippen LogP contribution in [0.15, 0.2) is 23.2 Å². The molecule has 2 heterocycles. The molecule has 1 aromatic rings. The van der Waals surface area contributed by atoms with E-state index in [2.05, 4.69) is 16.8 Å².